The van der Waals surface area contributed by atoms with Gasteiger partial charge in [-0.15, -0.1) is 0 Å². The number of hydrogen-bond donors (Lipinski definition) is 1. The number of nitrogens with one attached hydrogen (secondary N) is 1. The minimum Gasteiger partial charge on any atom is -0.335 e. The summed E-state index contributed by atoms with van der Waals surface area (Å²) in [5, 5.41) is 3.27. The molecule has 2 rings (SSSR count). The first-order valence-electron chi connectivity index (χ1n) is 7.09. The molecule has 0 radical (unpaired) electrons. The monoisotopic (exact) mass is 275 g/mol. The molecule has 20 heavy (non-hydrogen) atoms. The minimum absolute atomic E-state index is 0.0729. The van der Waals surface area contributed by atoms with E-state index in [2.05, 4.69) is 21.8 Å². The van der Waals surface area contributed by atoms with E-state index in [1.165, 1.54) is 6.07 Å². The predicted molar refractivity (Wildman–Crippen MR) is 79.2 cm³/mol. The Balaban J connectivity index is 2.24. The van der Waals surface area contributed by atoms with Crippen molar-refractivity contribution in [1.29, 1.82) is 0 Å². The molecular weight excluding hydrogens is 253 g/mol. The molecule has 1 atom stereocenters. The lowest BCUT2D eigenvalue weighted by atomic mass is 9.98. The highest BCUT2D eigenvalue weighted by Gasteiger charge is 2.16. The smallest absolute Gasteiger partial charge is 0.123 e. The third-order valence-electron chi connectivity index (χ3n) is 3.62. The average molecular weight is 275 g/mol. The molecule has 1 heterocycles. The molecule has 0 fully saturated rings. The van der Waals surface area contributed by atoms with Gasteiger partial charge in [0.1, 0.15) is 11.6 Å². The van der Waals surface area contributed by atoms with Crippen molar-refractivity contribution in [2.75, 3.05) is 7.05 Å². The van der Waals surface area contributed by atoms with Crippen molar-refractivity contribution in [2.45, 2.75) is 39.3 Å². The Kier molecular flexibility index (Phi) is 4.90. The number of rotatable bonds is 6. The fourth-order valence-corrected chi connectivity index (χ4v) is 2.51. The number of halogens is 1. The normalized spacial score (nSPS) is 12.6. The second-order valence-electron chi connectivity index (χ2n) is 5.08. The summed E-state index contributed by atoms with van der Waals surface area (Å²) < 4.78 is 15.6. The van der Waals surface area contributed by atoms with Crippen LogP contribution in [0.25, 0.3) is 0 Å². The first-order chi connectivity index (χ1) is 9.65. The molecule has 0 spiro atoms. The predicted octanol–water partition coefficient (Wildman–Crippen LogP) is 3.24. The number of aryl methyl sites for hydroxylation is 2. The van der Waals surface area contributed by atoms with Crippen LogP contribution in [0, 0.1) is 12.7 Å². The number of hydrogen-bond acceptors (Lipinski definition) is 2. The summed E-state index contributed by atoms with van der Waals surface area (Å²) in [7, 11) is 1.90. The van der Waals surface area contributed by atoms with E-state index in [1.807, 2.05) is 32.4 Å². The zero-order chi connectivity index (χ0) is 14.5. The Morgan fingerprint density at radius 2 is 2.20 bits per heavy atom. The molecule has 0 bridgehead atoms. The molecule has 0 aliphatic carbocycles. The quantitative estimate of drug-likeness (QED) is 0.877. The van der Waals surface area contributed by atoms with Crippen LogP contribution in [-0.2, 0) is 13.0 Å². The lowest BCUT2D eigenvalue weighted by molar-refractivity contribution is 0.536. The van der Waals surface area contributed by atoms with E-state index < -0.39 is 0 Å². The Hall–Kier alpha value is -1.68. The van der Waals surface area contributed by atoms with Crippen LogP contribution in [-0.4, -0.2) is 16.6 Å². The third-order valence-corrected chi connectivity index (χ3v) is 3.62. The molecule has 0 saturated heterocycles. The Labute approximate surface area is 119 Å². The standard InChI is InChI=1S/C16H22FN3/c1-4-8-20-9-7-19-16(20)11-15(18-3)14-10-13(17)6-5-12(14)2/h5-7,9-10,15,18H,4,8,11H2,1-3H3. The van der Waals surface area contributed by atoms with Gasteiger partial charge >= 0.3 is 0 Å². The van der Waals surface area contributed by atoms with Crippen molar-refractivity contribution < 1.29 is 4.39 Å². The Bertz CT molecular complexity index is 563. The van der Waals surface area contributed by atoms with Gasteiger partial charge in [-0.25, -0.2) is 9.37 Å². The molecule has 4 heteroatoms. The molecule has 0 amide bonds. The number of aromatic nitrogens is 2. The summed E-state index contributed by atoms with van der Waals surface area (Å²) in [5.41, 5.74) is 2.10. The van der Waals surface area contributed by atoms with Gasteiger partial charge in [0.25, 0.3) is 0 Å². The molecule has 3 nitrogen and oxygen atoms in total. The average Bonchev–Trinajstić information content (AvgIpc) is 2.87. The third kappa shape index (κ3) is 3.25. The maximum atomic E-state index is 13.5. The summed E-state index contributed by atoms with van der Waals surface area (Å²) in [4.78, 5) is 4.43. The number of benzene rings is 1. The van der Waals surface area contributed by atoms with Crippen LogP contribution < -0.4 is 5.32 Å². The lowest BCUT2D eigenvalue weighted by Gasteiger charge is -2.19. The number of nitrogens with zero attached hydrogens (tertiary/aromatic N) is 2. The van der Waals surface area contributed by atoms with Crippen molar-refractivity contribution in [3.05, 3.63) is 53.4 Å². The summed E-state index contributed by atoms with van der Waals surface area (Å²) in [5.74, 6) is 0.845. The molecule has 1 N–H and O–H groups in total. The topological polar surface area (TPSA) is 29.9 Å². The number of likely N-dealkylation sites (N-methyl/N-ethyl adjacent to an activating group) is 1. The second-order valence-corrected chi connectivity index (χ2v) is 5.08. The molecule has 1 unspecified atom stereocenters. The molecule has 2 aromatic rings. The fourth-order valence-electron chi connectivity index (χ4n) is 2.51. The molecule has 108 valence electrons. The van der Waals surface area contributed by atoms with Gasteiger partial charge in [-0.2, -0.15) is 0 Å². The van der Waals surface area contributed by atoms with Crippen molar-refractivity contribution in [2.24, 2.45) is 0 Å². The van der Waals surface area contributed by atoms with Crippen LogP contribution >= 0.6 is 0 Å². The Morgan fingerprint density at radius 1 is 1.40 bits per heavy atom. The zero-order valence-electron chi connectivity index (χ0n) is 12.4. The molecule has 0 aliphatic heterocycles. The molecule has 0 saturated carbocycles. The highest BCUT2D eigenvalue weighted by molar-refractivity contribution is 5.30. The van der Waals surface area contributed by atoms with E-state index in [0.717, 1.165) is 36.3 Å². The zero-order valence-corrected chi connectivity index (χ0v) is 12.4. The van der Waals surface area contributed by atoms with Gasteiger partial charge in [-0.3, -0.25) is 0 Å². The van der Waals surface area contributed by atoms with Crippen LogP contribution in [0.1, 0.15) is 36.3 Å². The van der Waals surface area contributed by atoms with E-state index in [4.69, 9.17) is 0 Å². The lowest BCUT2D eigenvalue weighted by Crippen LogP contribution is -2.22. The first kappa shape index (κ1) is 14.7. The van der Waals surface area contributed by atoms with Gasteiger partial charge in [0.15, 0.2) is 0 Å². The fraction of sp³-hybridized carbons (Fsp3) is 0.438. The highest BCUT2D eigenvalue weighted by Crippen LogP contribution is 2.22. The van der Waals surface area contributed by atoms with E-state index in [0.29, 0.717) is 0 Å². The van der Waals surface area contributed by atoms with Crippen molar-refractivity contribution in [1.82, 2.24) is 14.9 Å². The van der Waals surface area contributed by atoms with Crippen molar-refractivity contribution in [3.8, 4) is 0 Å². The molecule has 0 aliphatic rings. The van der Waals surface area contributed by atoms with Crippen LogP contribution in [0.5, 0.6) is 0 Å². The van der Waals surface area contributed by atoms with Crippen LogP contribution in [0.3, 0.4) is 0 Å². The highest BCUT2D eigenvalue weighted by atomic mass is 19.1. The van der Waals surface area contributed by atoms with E-state index >= 15 is 0 Å². The van der Waals surface area contributed by atoms with Crippen LogP contribution in [0.2, 0.25) is 0 Å². The first-order valence-corrected chi connectivity index (χ1v) is 7.09. The molecular formula is C16H22FN3. The van der Waals surface area contributed by atoms with Gasteiger partial charge in [0.2, 0.25) is 0 Å². The summed E-state index contributed by atoms with van der Waals surface area (Å²) in [6.07, 6.45) is 5.67. The van der Waals surface area contributed by atoms with Crippen LogP contribution in [0.4, 0.5) is 4.39 Å². The Morgan fingerprint density at radius 3 is 2.90 bits per heavy atom. The van der Waals surface area contributed by atoms with E-state index in [1.54, 1.807) is 6.07 Å². The SMILES string of the molecule is CCCn1ccnc1CC(NC)c1cc(F)ccc1C. The van der Waals surface area contributed by atoms with Gasteiger partial charge in [-0.05, 0) is 43.7 Å². The maximum Gasteiger partial charge on any atom is 0.123 e. The van der Waals surface area contributed by atoms with Crippen molar-refractivity contribution in [3.63, 3.8) is 0 Å². The van der Waals surface area contributed by atoms with Gasteiger partial charge < -0.3 is 9.88 Å². The largest absolute Gasteiger partial charge is 0.335 e. The summed E-state index contributed by atoms with van der Waals surface area (Å²) in [6.45, 7) is 5.13. The summed E-state index contributed by atoms with van der Waals surface area (Å²) >= 11 is 0. The van der Waals surface area contributed by atoms with Crippen molar-refractivity contribution >= 4 is 0 Å². The molecule has 1 aromatic carbocycles. The summed E-state index contributed by atoms with van der Waals surface area (Å²) in [6, 6.07) is 5.02. The second kappa shape index (κ2) is 6.66. The van der Waals surface area contributed by atoms with Crippen LogP contribution in [0.15, 0.2) is 30.6 Å². The van der Waals surface area contributed by atoms with Gasteiger partial charge in [0.05, 0.1) is 0 Å². The number of imidazole rings is 1. The van der Waals surface area contributed by atoms with E-state index in [-0.39, 0.29) is 11.9 Å². The van der Waals surface area contributed by atoms with Gasteiger partial charge in [-0.1, -0.05) is 13.0 Å². The molecule has 1 aromatic heterocycles. The minimum atomic E-state index is -0.192. The maximum absolute atomic E-state index is 13.5. The van der Waals surface area contributed by atoms with Gasteiger partial charge in [0, 0.05) is 31.4 Å². The van der Waals surface area contributed by atoms with E-state index in [9.17, 15) is 4.39 Å².